The van der Waals surface area contributed by atoms with E-state index >= 15 is 0 Å². The van der Waals surface area contributed by atoms with Gasteiger partial charge in [-0.15, -0.1) is 0 Å². The third kappa shape index (κ3) is 4.46. The summed E-state index contributed by atoms with van der Waals surface area (Å²) in [7, 11) is 0. The van der Waals surface area contributed by atoms with Gasteiger partial charge in [0.05, 0.1) is 17.8 Å². The van der Waals surface area contributed by atoms with Gasteiger partial charge in [-0.25, -0.2) is 4.99 Å². The Balaban J connectivity index is 1.28. The minimum atomic E-state index is -0.0380. The highest BCUT2D eigenvalue weighted by molar-refractivity contribution is 6.25. The van der Waals surface area contributed by atoms with Crippen LogP contribution in [-0.2, 0) is 0 Å². The van der Waals surface area contributed by atoms with Gasteiger partial charge in [-0.05, 0) is 60.7 Å². The fourth-order valence-electron chi connectivity index (χ4n) is 8.24. The van der Waals surface area contributed by atoms with Crippen molar-refractivity contribution in [2.24, 2.45) is 10.7 Å². The maximum absolute atomic E-state index is 7.28. The first-order valence-electron chi connectivity index (χ1n) is 16.7. The van der Waals surface area contributed by atoms with Crippen molar-refractivity contribution in [1.82, 2.24) is 4.90 Å². The monoisotopic (exact) mass is 617 g/mol. The second-order valence-electron chi connectivity index (χ2n) is 12.9. The van der Waals surface area contributed by atoms with Crippen molar-refractivity contribution in [3.8, 4) is 0 Å². The molecule has 1 heterocycles. The summed E-state index contributed by atoms with van der Waals surface area (Å²) in [6.07, 6.45) is 20.1. The Morgan fingerprint density at radius 3 is 1.62 bits per heavy atom. The molecule has 3 aliphatic rings. The molecular formula is C45H35N3. The van der Waals surface area contributed by atoms with Gasteiger partial charge in [-0.3, -0.25) is 0 Å². The molecule has 0 aromatic heterocycles. The SMILES string of the molecule is C=C(/C=C(\N=C(N)N1C2C=CC=CC2c2c(c3cccc4ccc5cccc2c5c43)C2C=CC=CC21)c1ccccc1)c1ccccc1. The topological polar surface area (TPSA) is 41.6 Å². The van der Waals surface area contributed by atoms with Gasteiger partial charge in [0.2, 0.25) is 0 Å². The number of rotatable bonds is 4. The molecule has 2 N–H and O–H groups in total. The van der Waals surface area contributed by atoms with Gasteiger partial charge < -0.3 is 10.6 Å². The van der Waals surface area contributed by atoms with E-state index in [1.165, 1.54) is 43.4 Å². The van der Waals surface area contributed by atoms with E-state index < -0.39 is 0 Å². The lowest BCUT2D eigenvalue weighted by molar-refractivity contribution is 0.283. The smallest absolute Gasteiger partial charge is 0.197 e. The van der Waals surface area contributed by atoms with Gasteiger partial charge >= 0.3 is 0 Å². The molecule has 0 bridgehead atoms. The van der Waals surface area contributed by atoms with Gasteiger partial charge in [-0.1, -0.05) is 164 Å². The zero-order valence-corrected chi connectivity index (χ0v) is 26.6. The first-order valence-corrected chi connectivity index (χ1v) is 16.7. The van der Waals surface area contributed by atoms with Crippen LogP contribution in [0.5, 0.6) is 0 Å². The average Bonchev–Trinajstić information content (AvgIpc) is 3.27. The minimum Gasteiger partial charge on any atom is -0.369 e. The van der Waals surface area contributed by atoms with E-state index in [1.807, 2.05) is 36.4 Å². The first kappa shape index (κ1) is 28.3. The number of hydrogen-bond donors (Lipinski definition) is 1. The molecule has 0 radical (unpaired) electrons. The summed E-state index contributed by atoms with van der Waals surface area (Å²) in [6, 6.07) is 38.5. The Labute approximate surface area is 281 Å². The highest BCUT2D eigenvalue weighted by atomic mass is 15.3. The van der Waals surface area contributed by atoms with Crippen molar-refractivity contribution < 1.29 is 0 Å². The van der Waals surface area contributed by atoms with Gasteiger partial charge in [0.25, 0.3) is 0 Å². The van der Waals surface area contributed by atoms with E-state index in [4.69, 9.17) is 10.7 Å². The van der Waals surface area contributed by atoms with Crippen molar-refractivity contribution in [2.45, 2.75) is 23.9 Å². The van der Waals surface area contributed by atoms with Crippen LogP contribution in [0.1, 0.15) is 34.1 Å². The fraction of sp³-hybridized carbons (Fsp3) is 0.0889. The van der Waals surface area contributed by atoms with Crippen LogP contribution in [0.15, 0.2) is 175 Å². The van der Waals surface area contributed by atoms with Crippen LogP contribution < -0.4 is 5.73 Å². The number of fused-ring (bicyclic) bond motifs is 7. The molecule has 2 aliphatic carbocycles. The Bertz CT molecular complexity index is 2280. The van der Waals surface area contributed by atoms with Gasteiger partial charge in [0.15, 0.2) is 5.96 Å². The van der Waals surface area contributed by atoms with Gasteiger partial charge in [0, 0.05) is 17.4 Å². The number of guanidine groups is 1. The quantitative estimate of drug-likeness (QED) is 0.0926. The zero-order valence-electron chi connectivity index (χ0n) is 26.6. The van der Waals surface area contributed by atoms with Crippen LogP contribution in [0.3, 0.4) is 0 Å². The van der Waals surface area contributed by atoms with E-state index in [2.05, 4.69) is 139 Å². The standard InChI is InChI=1S/C45H35N3/c1-29(30-14-4-2-5-15-30)28-38(31-16-6-3-7-17-31)47-45(46)48-39-24-10-8-20-34(39)43-36-22-12-18-32-26-27-33-19-13-23-37(42(33)41(32)36)44(43)35-21-9-11-25-40(35)48/h2-28,34-35,39-40H,1H2,(H2,46,47)/b38-28-. The lowest BCUT2D eigenvalue weighted by atomic mass is 9.76. The molecule has 0 spiro atoms. The van der Waals surface area contributed by atoms with Crippen molar-refractivity contribution in [3.63, 3.8) is 0 Å². The molecule has 4 atom stereocenters. The van der Waals surface area contributed by atoms with Crippen LogP contribution in [0.25, 0.3) is 43.6 Å². The van der Waals surface area contributed by atoms with E-state index in [-0.39, 0.29) is 23.9 Å². The predicted molar refractivity (Wildman–Crippen MR) is 203 cm³/mol. The summed E-state index contributed by atoms with van der Waals surface area (Å²) >= 11 is 0. The van der Waals surface area contributed by atoms with Crippen LogP contribution >= 0.6 is 0 Å². The lowest BCUT2D eigenvalue weighted by Gasteiger charge is -2.40. The highest BCUT2D eigenvalue weighted by Crippen LogP contribution is 2.51. The molecule has 0 amide bonds. The van der Waals surface area contributed by atoms with E-state index in [0.717, 1.165) is 22.4 Å². The molecule has 3 heteroatoms. The summed E-state index contributed by atoms with van der Waals surface area (Å²) < 4.78 is 0. The second kappa shape index (κ2) is 11.4. The number of benzene rings is 6. The zero-order chi connectivity index (χ0) is 32.2. The maximum Gasteiger partial charge on any atom is 0.197 e. The highest BCUT2D eigenvalue weighted by Gasteiger charge is 2.43. The maximum atomic E-state index is 7.28. The van der Waals surface area contributed by atoms with Gasteiger partial charge in [-0.2, -0.15) is 0 Å². The minimum absolute atomic E-state index is 0.0380. The number of nitrogens with two attached hydrogens (primary N) is 1. The van der Waals surface area contributed by atoms with Crippen molar-refractivity contribution in [1.29, 1.82) is 0 Å². The molecule has 6 aromatic rings. The van der Waals surface area contributed by atoms with E-state index in [0.29, 0.717) is 5.96 Å². The van der Waals surface area contributed by atoms with Crippen LogP contribution in [0, 0.1) is 0 Å². The van der Waals surface area contributed by atoms with E-state index in [1.54, 1.807) is 0 Å². The summed E-state index contributed by atoms with van der Waals surface area (Å²) in [4.78, 5) is 7.64. The summed E-state index contributed by atoms with van der Waals surface area (Å²) in [5.74, 6) is 0.636. The Kier molecular flexibility index (Phi) is 6.72. The first-order chi connectivity index (χ1) is 23.7. The molecule has 9 rings (SSSR count). The molecule has 0 fully saturated rings. The van der Waals surface area contributed by atoms with Crippen molar-refractivity contribution >= 4 is 49.5 Å². The number of allylic oxidation sites excluding steroid dienone is 6. The molecule has 0 saturated heterocycles. The molecule has 1 aliphatic heterocycles. The number of aliphatic imine (C=N–C) groups is 1. The third-order valence-electron chi connectivity index (χ3n) is 10.3. The van der Waals surface area contributed by atoms with Crippen LogP contribution in [0.4, 0.5) is 0 Å². The van der Waals surface area contributed by atoms with Crippen molar-refractivity contribution in [2.75, 3.05) is 0 Å². The molecule has 230 valence electrons. The lowest BCUT2D eigenvalue weighted by Crippen LogP contribution is -2.52. The molecule has 6 aromatic carbocycles. The molecular weight excluding hydrogens is 583 g/mol. The second-order valence-corrected chi connectivity index (χ2v) is 12.9. The predicted octanol–water partition coefficient (Wildman–Crippen LogP) is 10.1. The Hall–Kier alpha value is -5.93. The number of hydrogen-bond acceptors (Lipinski definition) is 1. The third-order valence-corrected chi connectivity index (χ3v) is 10.3. The van der Waals surface area contributed by atoms with Crippen LogP contribution in [0.2, 0.25) is 0 Å². The summed E-state index contributed by atoms with van der Waals surface area (Å²) in [5.41, 5.74) is 13.8. The summed E-state index contributed by atoms with van der Waals surface area (Å²) in [6.45, 7) is 4.41. The molecule has 0 saturated carbocycles. The summed E-state index contributed by atoms with van der Waals surface area (Å²) in [5, 5.41) is 7.90. The molecule has 3 nitrogen and oxygen atoms in total. The van der Waals surface area contributed by atoms with Gasteiger partial charge in [0.1, 0.15) is 0 Å². The van der Waals surface area contributed by atoms with Crippen LogP contribution in [-0.4, -0.2) is 22.9 Å². The fourth-order valence-corrected chi connectivity index (χ4v) is 8.24. The number of nitrogens with zero attached hydrogens (tertiary/aromatic N) is 2. The van der Waals surface area contributed by atoms with E-state index in [9.17, 15) is 0 Å². The Morgan fingerprint density at radius 1 is 0.583 bits per heavy atom. The Morgan fingerprint density at radius 2 is 1.08 bits per heavy atom. The van der Waals surface area contributed by atoms with Crippen molar-refractivity contribution in [3.05, 3.63) is 193 Å². The normalized spacial score (nSPS) is 21.8. The average molecular weight is 618 g/mol. The largest absolute Gasteiger partial charge is 0.369 e. The molecule has 48 heavy (non-hydrogen) atoms. The molecule has 4 unspecified atom stereocenters.